The van der Waals surface area contributed by atoms with Gasteiger partial charge in [0.1, 0.15) is 18.5 Å². The van der Waals surface area contributed by atoms with Crippen molar-refractivity contribution in [3.8, 4) is 11.5 Å². The van der Waals surface area contributed by atoms with Crippen molar-refractivity contribution in [3.63, 3.8) is 0 Å². The molecule has 0 aromatic heterocycles. The molecule has 1 heterocycles. The van der Waals surface area contributed by atoms with Crippen LogP contribution >= 0.6 is 34.8 Å². The third kappa shape index (κ3) is 4.86. The van der Waals surface area contributed by atoms with E-state index in [1.165, 1.54) is 0 Å². The van der Waals surface area contributed by atoms with Crippen LogP contribution in [0, 0.1) is 0 Å². The zero-order chi connectivity index (χ0) is 23.5. The number of fused-ring (bicyclic) bond motifs is 1. The van der Waals surface area contributed by atoms with Crippen molar-refractivity contribution in [3.05, 3.63) is 86.4 Å². The Bertz CT molecular complexity index is 1160. The van der Waals surface area contributed by atoms with Gasteiger partial charge in [0.05, 0.1) is 22.7 Å². The van der Waals surface area contributed by atoms with E-state index in [9.17, 15) is 4.79 Å². The fraction of sp³-hybridized carbons (Fsp3) is 0.240. The summed E-state index contributed by atoms with van der Waals surface area (Å²) in [5.74, 6) is 1.01. The average molecular weight is 506 g/mol. The van der Waals surface area contributed by atoms with Gasteiger partial charge in [0, 0.05) is 22.8 Å². The van der Waals surface area contributed by atoms with Gasteiger partial charge in [0.15, 0.2) is 5.75 Å². The number of nitrogens with one attached hydrogen (secondary N) is 1. The molecule has 4 rings (SSSR count). The van der Waals surface area contributed by atoms with E-state index in [2.05, 4.69) is 12.2 Å². The van der Waals surface area contributed by atoms with Crippen LogP contribution in [0.3, 0.4) is 0 Å². The van der Waals surface area contributed by atoms with Gasteiger partial charge in [-0.1, -0.05) is 59.9 Å². The summed E-state index contributed by atoms with van der Waals surface area (Å²) >= 11 is 18.5. The highest BCUT2D eigenvalue weighted by atomic mass is 35.5. The van der Waals surface area contributed by atoms with Gasteiger partial charge in [-0.05, 0) is 48.4 Å². The number of rotatable bonds is 7. The number of methoxy groups -OCH3 is 1. The molecule has 0 saturated heterocycles. The first-order valence-corrected chi connectivity index (χ1v) is 11.7. The van der Waals surface area contributed by atoms with Crippen molar-refractivity contribution in [2.24, 2.45) is 0 Å². The van der Waals surface area contributed by atoms with Crippen LogP contribution in [0.15, 0.2) is 54.6 Å². The van der Waals surface area contributed by atoms with Crippen LogP contribution < -0.4 is 14.8 Å². The van der Waals surface area contributed by atoms with E-state index in [1.807, 2.05) is 47.4 Å². The summed E-state index contributed by atoms with van der Waals surface area (Å²) in [6, 6.07) is 16.5. The molecular formula is C25H23Cl3N2O3. The normalized spacial score (nSPS) is 15.1. The molecule has 0 fully saturated rings. The summed E-state index contributed by atoms with van der Waals surface area (Å²) < 4.78 is 11.5. The average Bonchev–Trinajstić information content (AvgIpc) is 2.80. The van der Waals surface area contributed by atoms with Crippen LogP contribution in [0.5, 0.6) is 11.5 Å². The molecule has 0 aliphatic carbocycles. The highest BCUT2D eigenvalue weighted by molar-refractivity contribution is 6.40. The van der Waals surface area contributed by atoms with Crippen molar-refractivity contribution in [2.75, 3.05) is 19.0 Å². The van der Waals surface area contributed by atoms with Crippen LogP contribution in [0.1, 0.15) is 41.0 Å². The van der Waals surface area contributed by atoms with Gasteiger partial charge in [-0.25, -0.2) is 0 Å². The summed E-state index contributed by atoms with van der Waals surface area (Å²) in [4.78, 5) is 15.1. The maximum absolute atomic E-state index is 13.2. The summed E-state index contributed by atoms with van der Waals surface area (Å²) in [6.07, 6.45) is 0.519. The van der Waals surface area contributed by atoms with Gasteiger partial charge in [-0.3, -0.25) is 4.79 Å². The Morgan fingerprint density at radius 3 is 2.45 bits per heavy atom. The molecule has 5 nitrogen and oxygen atoms in total. The Labute approximate surface area is 208 Å². The number of nitrogens with zero attached hydrogens (tertiary/aromatic N) is 1. The fourth-order valence-corrected chi connectivity index (χ4v) is 4.85. The van der Waals surface area contributed by atoms with Crippen molar-refractivity contribution in [1.82, 2.24) is 4.90 Å². The summed E-state index contributed by atoms with van der Waals surface area (Å²) in [5, 5.41) is 4.59. The van der Waals surface area contributed by atoms with Crippen molar-refractivity contribution < 1.29 is 14.3 Å². The first-order valence-electron chi connectivity index (χ1n) is 10.5. The highest BCUT2D eigenvalue weighted by Gasteiger charge is 2.32. The summed E-state index contributed by atoms with van der Waals surface area (Å²) in [6.45, 7) is 2.85. The van der Waals surface area contributed by atoms with Crippen LogP contribution in [0.25, 0.3) is 0 Å². The molecule has 1 amide bonds. The second-order valence-electron chi connectivity index (χ2n) is 7.65. The second-order valence-corrected chi connectivity index (χ2v) is 8.90. The van der Waals surface area contributed by atoms with Crippen LogP contribution in [0.2, 0.25) is 15.1 Å². The molecule has 1 aliphatic rings. The Kier molecular flexibility index (Phi) is 7.23. The zero-order valence-electron chi connectivity index (χ0n) is 18.2. The lowest BCUT2D eigenvalue weighted by Crippen LogP contribution is -2.43. The van der Waals surface area contributed by atoms with E-state index < -0.39 is 0 Å². The number of amides is 1. The minimum Gasteiger partial charge on any atom is -0.496 e. The Hall–Kier alpha value is -2.60. The number of halogens is 3. The molecule has 1 N–H and O–H groups in total. The van der Waals surface area contributed by atoms with Crippen LogP contribution in [-0.4, -0.2) is 24.5 Å². The number of carbonyl (C=O) groups excluding carboxylic acids is 1. The molecule has 1 atom stereocenters. The fourth-order valence-electron chi connectivity index (χ4n) is 3.93. The Morgan fingerprint density at radius 1 is 1.03 bits per heavy atom. The van der Waals surface area contributed by atoms with Gasteiger partial charge in [0.2, 0.25) is 0 Å². The highest BCUT2D eigenvalue weighted by Crippen LogP contribution is 2.38. The third-order valence-corrected chi connectivity index (χ3v) is 6.22. The maximum atomic E-state index is 13.2. The molecule has 3 aromatic rings. The lowest BCUT2D eigenvalue weighted by Gasteiger charge is -2.38. The first-order chi connectivity index (χ1) is 15.9. The van der Waals surface area contributed by atoms with Crippen molar-refractivity contribution >= 4 is 46.4 Å². The van der Waals surface area contributed by atoms with Gasteiger partial charge < -0.3 is 19.7 Å². The predicted octanol–water partition coefficient (Wildman–Crippen LogP) is 7.21. The largest absolute Gasteiger partial charge is 0.496 e. The lowest BCUT2D eigenvalue weighted by molar-refractivity contribution is 0.0683. The standard InChI is InChI=1S/C25H23Cl3N2O3/c1-3-10-30-24(29-21-7-5-4-6-18(21)25(30)31)15-8-9-22(32-2)16(11-15)14-33-23-19(27)12-17(26)13-20(23)28/h4-9,11-13,24,29H,3,10,14H2,1-2H3/t24-/m0/s1. The van der Waals surface area contributed by atoms with E-state index >= 15 is 0 Å². The van der Waals surface area contributed by atoms with Gasteiger partial charge in [0.25, 0.3) is 5.91 Å². The maximum Gasteiger partial charge on any atom is 0.257 e. The molecule has 1 aliphatic heterocycles. The Morgan fingerprint density at radius 2 is 1.76 bits per heavy atom. The quantitative estimate of drug-likeness (QED) is 0.368. The SMILES string of the molecule is CCCN1C(=O)c2ccccc2N[C@@H]1c1ccc(OC)c(COc2c(Cl)cc(Cl)cc2Cl)c1. The summed E-state index contributed by atoms with van der Waals surface area (Å²) in [7, 11) is 1.60. The predicted molar refractivity (Wildman–Crippen MR) is 133 cm³/mol. The monoisotopic (exact) mass is 504 g/mol. The van der Waals surface area contributed by atoms with Gasteiger partial charge in [-0.2, -0.15) is 0 Å². The lowest BCUT2D eigenvalue weighted by atomic mass is 10.0. The minimum atomic E-state index is -0.320. The molecule has 0 unspecified atom stereocenters. The van der Waals surface area contributed by atoms with Crippen LogP contribution in [0.4, 0.5) is 5.69 Å². The zero-order valence-corrected chi connectivity index (χ0v) is 20.5. The van der Waals surface area contributed by atoms with Crippen molar-refractivity contribution in [2.45, 2.75) is 26.1 Å². The number of anilines is 1. The molecule has 0 bridgehead atoms. The van der Waals surface area contributed by atoms with E-state index in [1.54, 1.807) is 19.2 Å². The van der Waals surface area contributed by atoms with E-state index in [-0.39, 0.29) is 18.7 Å². The number of ether oxygens (including phenoxy) is 2. The van der Waals surface area contributed by atoms with Gasteiger partial charge >= 0.3 is 0 Å². The number of para-hydroxylation sites is 1. The number of hydrogen-bond donors (Lipinski definition) is 1. The minimum absolute atomic E-state index is 0.00421. The van der Waals surface area contributed by atoms with E-state index in [4.69, 9.17) is 44.3 Å². The van der Waals surface area contributed by atoms with Crippen molar-refractivity contribution in [1.29, 1.82) is 0 Å². The second kappa shape index (κ2) is 10.1. The molecule has 0 spiro atoms. The van der Waals surface area contributed by atoms with Crippen LogP contribution in [-0.2, 0) is 6.61 Å². The number of benzene rings is 3. The third-order valence-electron chi connectivity index (χ3n) is 5.44. The van der Waals surface area contributed by atoms with E-state index in [0.29, 0.717) is 38.7 Å². The smallest absolute Gasteiger partial charge is 0.257 e. The first kappa shape index (κ1) is 23.6. The number of carbonyl (C=O) groups is 1. The molecule has 172 valence electrons. The Balaban J connectivity index is 1.66. The molecule has 0 radical (unpaired) electrons. The molecule has 0 saturated carbocycles. The van der Waals surface area contributed by atoms with Gasteiger partial charge in [-0.15, -0.1) is 0 Å². The molecule has 3 aromatic carbocycles. The summed E-state index contributed by atoms with van der Waals surface area (Å²) in [5.41, 5.74) is 3.19. The molecular weight excluding hydrogens is 483 g/mol. The topological polar surface area (TPSA) is 50.8 Å². The number of hydrogen-bond acceptors (Lipinski definition) is 4. The molecule has 33 heavy (non-hydrogen) atoms. The molecule has 8 heteroatoms. The van der Waals surface area contributed by atoms with E-state index in [0.717, 1.165) is 23.2 Å².